The smallest absolute Gasteiger partial charge is 0.339 e. The first kappa shape index (κ1) is 23.8. The first-order valence-electron chi connectivity index (χ1n) is 10.8. The van der Waals surface area contributed by atoms with Gasteiger partial charge in [0, 0.05) is 5.56 Å². The van der Waals surface area contributed by atoms with Crippen molar-refractivity contribution in [2.45, 2.75) is 11.4 Å². The molecule has 5 rings (SSSR count). The molecule has 4 aromatic carbocycles. The minimum absolute atomic E-state index is 0.0359. The van der Waals surface area contributed by atoms with Gasteiger partial charge in [0.2, 0.25) is 0 Å². The van der Waals surface area contributed by atoms with Crippen LogP contribution >= 0.6 is 11.8 Å². The average molecular weight is 520 g/mol. The second-order valence-corrected chi connectivity index (χ2v) is 10.5. The van der Waals surface area contributed by atoms with Gasteiger partial charge in [-0.1, -0.05) is 60.7 Å². The highest BCUT2D eigenvalue weighted by molar-refractivity contribution is 8.18. The average Bonchev–Trinajstić information content (AvgIpc) is 3.13. The SMILES string of the molecule is O=C1S/C(=C\c2ccc(OS(=O)(=O)c3ccc4ccccc4c3)cc2)C(=O)N1Cc1ccccc1F. The molecule has 0 spiro atoms. The van der Waals surface area contributed by atoms with Crippen molar-refractivity contribution in [1.82, 2.24) is 4.90 Å². The lowest BCUT2D eigenvalue weighted by Gasteiger charge is -2.12. The first-order valence-corrected chi connectivity index (χ1v) is 13.0. The first-order chi connectivity index (χ1) is 17.3. The van der Waals surface area contributed by atoms with E-state index in [0.29, 0.717) is 5.56 Å². The van der Waals surface area contributed by atoms with E-state index in [2.05, 4.69) is 0 Å². The second kappa shape index (κ2) is 9.60. The number of benzene rings is 4. The summed E-state index contributed by atoms with van der Waals surface area (Å²) in [6.07, 6.45) is 1.52. The number of fused-ring (bicyclic) bond motifs is 1. The number of imide groups is 1. The summed E-state index contributed by atoms with van der Waals surface area (Å²) in [5.74, 6) is -0.907. The fourth-order valence-corrected chi connectivity index (χ4v) is 5.51. The van der Waals surface area contributed by atoms with Crippen LogP contribution in [0.2, 0.25) is 0 Å². The lowest BCUT2D eigenvalue weighted by molar-refractivity contribution is -0.123. The Balaban J connectivity index is 1.30. The fraction of sp³-hybridized carbons (Fsp3) is 0.0370. The third-order valence-corrected chi connectivity index (χ3v) is 7.70. The second-order valence-electron chi connectivity index (χ2n) is 7.97. The molecule has 0 N–H and O–H groups in total. The lowest BCUT2D eigenvalue weighted by atomic mass is 10.1. The molecule has 0 atom stereocenters. The van der Waals surface area contributed by atoms with Gasteiger partial charge >= 0.3 is 10.1 Å². The Kier molecular flexibility index (Phi) is 6.34. The zero-order valence-corrected chi connectivity index (χ0v) is 20.3. The van der Waals surface area contributed by atoms with Gasteiger partial charge in [0.05, 0.1) is 11.4 Å². The van der Waals surface area contributed by atoms with Gasteiger partial charge in [-0.2, -0.15) is 8.42 Å². The van der Waals surface area contributed by atoms with Crippen molar-refractivity contribution in [2.24, 2.45) is 0 Å². The van der Waals surface area contributed by atoms with Crippen LogP contribution < -0.4 is 4.18 Å². The van der Waals surface area contributed by atoms with E-state index < -0.39 is 27.1 Å². The zero-order chi connectivity index (χ0) is 25.3. The molecule has 1 saturated heterocycles. The van der Waals surface area contributed by atoms with Gasteiger partial charge in [-0.15, -0.1) is 0 Å². The van der Waals surface area contributed by atoms with E-state index in [1.165, 1.54) is 42.5 Å². The van der Waals surface area contributed by atoms with Crippen LogP contribution in [0.15, 0.2) is 101 Å². The Morgan fingerprint density at radius 3 is 2.31 bits per heavy atom. The Morgan fingerprint density at radius 1 is 0.861 bits per heavy atom. The molecule has 0 bridgehead atoms. The Bertz CT molecular complexity index is 1630. The monoisotopic (exact) mass is 519 g/mol. The maximum absolute atomic E-state index is 13.9. The quantitative estimate of drug-likeness (QED) is 0.230. The summed E-state index contributed by atoms with van der Waals surface area (Å²) in [6, 6.07) is 24.2. The Hall–Kier alpha value is -3.95. The number of nitrogens with zero attached hydrogens (tertiary/aromatic N) is 1. The minimum Gasteiger partial charge on any atom is -0.379 e. The molecule has 1 heterocycles. The van der Waals surface area contributed by atoms with Crippen molar-refractivity contribution in [1.29, 1.82) is 0 Å². The number of amides is 2. The maximum atomic E-state index is 13.9. The van der Waals surface area contributed by atoms with Crippen LogP contribution in [-0.4, -0.2) is 24.5 Å². The van der Waals surface area contributed by atoms with E-state index in [1.807, 2.05) is 24.3 Å². The molecule has 0 aromatic heterocycles. The summed E-state index contributed by atoms with van der Waals surface area (Å²) in [5, 5.41) is 1.21. The molecular weight excluding hydrogens is 501 g/mol. The molecule has 0 saturated carbocycles. The van der Waals surface area contributed by atoms with Gasteiger partial charge in [-0.25, -0.2) is 4.39 Å². The minimum atomic E-state index is -4.05. The van der Waals surface area contributed by atoms with Crippen LogP contribution in [0.25, 0.3) is 16.8 Å². The van der Waals surface area contributed by atoms with Crippen molar-refractivity contribution in [3.8, 4) is 5.75 Å². The predicted octanol–water partition coefficient (Wildman–Crippen LogP) is 5.98. The number of hydrogen-bond acceptors (Lipinski definition) is 6. The van der Waals surface area contributed by atoms with Crippen LogP contribution in [0.3, 0.4) is 0 Å². The summed E-state index contributed by atoms with van der Waals surface area (Å²) in [7, 11) is -4.05. The Morgan fingerprint density at radius 2 is 1.56 bits per heavy atom. The molecule has 180 valence electrons. The van der Waals surface area contributed by atoms with E-state index >= 15 is 0 Å². The highest BCUT2D eigenvalue weighted by atomic mass is 32.2. The van der Waals surface area contributed by atoms with Crippen LogP contribution in [0.5, 0.6) is 5.75 Å². The fourth-order valence-electron chi connectivity index (χ4n) is 3.70. The number of carbonyl (C=O) groups excluding carboxylic acids is 2. The van der Waals surface area contributed by atoms with E-state index in [0.717, 1.165) is 27.4 Å². The summed E-state index contributed by atoms with van der Waals surface area (Å²) in [6.45, 7) is -0.159. The van der Waals surface area contributed by atoms with Gasteiger partial charge in [0.25, 0.3) is 11.1 Å². The highest BCUT2D eigenvalue weighted by Crippen LogP contribution is 2.34. The molecule has 0 aliphatic carbocycles. The van der Waals surface area contributed by atoms with Crippen LogP contribution in [-0.2, 0) is 21.5 Å². The van der Waals surface area contributed by atoms with Gasteiger partial charge in [-0.3, -0.25) is 14.5 Å². The molecule has 9 heteroatoms. The number of thioether (sulfide) groups is 1. The lowest BCUT2D eigenvalue weighted by Crippen LogP contribution is -2.27. The molecule has 4 aromatic rings. The van der Waals surface area contributed by atoms with Crippen LogP contribution in [0.1, 0.15) is 11.1 Å². The largest absolute Gasteiger partial charge is 0.379 e. The van der Waals surface area contributed by atoms with E-state index in [1.54, 1.807) is 30.3 Å². The van der Waals surface area contributed by atoms with Crippen molar-refractivity contribution in [3.63, 3.8) is 0 Å². The molecule has 1 aliphatic rings. The van der Waals surface area contributed by atoms with Crippen molar-refractivity contribution < 1.29 is 26.6 Å². The third-order valence-electron chi connectivity index (χ3n) is 5.55. The molecular formula is C27H18FNO5S2. The van der Waals surface area contributed by atoms with E-state index in [9.17, 15) is 22.4 Å². The maximum Gasteiger partial charge on any atom is 0.339 e. The van der Waals surface area contributed by atoms with Crippen molar-refractivity contribution in [2.75, 3.05) is 0 Å². The number of rotatable bonds is 6. The van der Waals surface area contributed by atoms with Gasteiger partial charge < -0.3 is 4.18 Å². The topological polar surface area (TPSA) is 80.8 Å². The van der Waals surface area contributed by atoms with Gasteiger partial charge in [-0.05, 0) is 64.5 Å². The molecule has 6 nitrogen and oxygen atoms in total. The predicted molar refractivity (Wildman–Crippen MR) is 136 cm³/mol. The van der Waals surface area contributed by atoms with Crippen LogP contribution in [0.4, 0.5) is 9.18 Å². The zero-order valence-electron chi connectivity index (χ0n) is 18.6. The molecule has 2 amide bonds. The van der Waals surface area contributed by atoms with Crippen molar-refractivity contribution >= 4 is 49.9 Å². The molecule has 1 fully saturated rings. The third kappa shape index (κ3) is 4.89. The summed E-state index contributed by atoms with van der Waals surface area (Å²) in [4.78, 5) is 26.3. The number of hydrogen-bond donors (Lipinski definition) is 0. The molecule has 1 aliphatic heterocycles. The number of carbonyl (C=O) groups is 2. The molecule has 0 radical (unpaired) electrons. The normalized spacial score (nSPS) is 15.1. The number of halogens is 1. The molecule has 36 heavy (non-hydrogen) atoms. The van der Waals surface area contributed by atoms with Crippen LogP contribution in [0, 0.1) is 5.82 Å². The molecule has 0 unspecified atom stereocenters. The van der Waals surface area contributed by atoms with Gasteiger partial charge in [0.15, 0.2) is 0 Å². The summed E-state index contributed by atoms with van der Waals surface area (Å²) >= 11 is 0.763. The van der Waals surface area contributed by atoms with E-state index in [-0.39, 0.29) is 27.7 Å². The standard InChI is InChI=1S/C27H18FNO5S2/c28-24-8-4-3-7-21(24)17-29-26(30)25(35-27(29)31)15-18-9-12-22(13-10-18)34-36(32,33)23-14-11-19-5-1-2-6-20(19)16-23/h1-16H,17H2/b25-15-. The van der Waals surface area contributed by atoms with Gasteiger partial charge in [0.1, 0.15) is 16.5 Å². The summed E-state index contributed by atoms with van der Waals surface area (Å²) < 4.78 is 44.7. The summed E-state index contributed by atoms with van der Waals surface area (Å²) in [5.41, 5.74) is 0.817. The van der Waals surface area contributed by atoms with Crippen molar-refractivity contribution in [3.05, 3.63) is 113 Å². The highest BCUT2D eigenvalue weighted by Gasteiger charge is 2.35. The van der Waals surface area contributed by atoms with E-state index in [4.69, 9.17) is 4.18 Å². The Labute approximate surface area is 211 Å².